The predicted molar refractivity (Wildman–Crippen MR) is 95.3 cm³/mol. The summed E-state index contributed by atoms with van der Waals surface area (Å²) in [7, 11) is 3.50. The molecule has 0 aliphatic rings. The van der Waals surface area contributed by atoms with Crippen molar-refractivity contribution in [2.24, 2.45) is 5.92 Å². The highest BCUT2D eigenvalue weighted by atomic mass is 32.2. The van der Waals surface area contributed by atoms with Gasteiger partial charge in [0.1, 0.15) is 5.75 Å². The number of rotatable bonds is 7. The summed E-state index contributed by atoms with van der Waals surface area (Å²) in [6, 6.07) is 15.8. The van der Waals surface area contributed by atoms with E-state index < -0.39 is 0 Å². The second-order valence-corrected chi connectivity index (χ2v) is 6.40. The number of carbonyl (C=O) groups is 1. The molecule has 1 atom stereocenters. The summed E-state index contributed by atoms with van der Waals surface area (Å²) in [5.41, 5.74) is 0.817. The van der Waals surface area contributed by atoms with Gasteiger partial charge in [0, 0.05) is 27.9 Å². The Labute approximate surface area is 141 Å². The molecule has 0 heterocycles. The summed E-state index contributed by atoms with van der Waals surface area (Å²) in [6.07, 6.45) is 0. The normalized spacial score (nSPS) is 11.8. The SMILES string of the molecule is CNCC(C)C(=O)Nc1ccc(Sc2ccc(OC)cc2)cc1. The van der Waals surface area contributed by atoms with Gasteiger partial charge in [0.2, 0.25) is 5.91 Å². The molecule has 2 aromatic rings. The van der Waals surface area contributed by atoms with E-state index in [0.29, 0.717) is 6.54 Å². The van der Waals surface area contributed by atoms with Gasteiger partial charge >= 0.3 is 0 Å². The van der Waals surface area contributed by atoms with Gasteiger partial charge in [-0.05, 0) is 55.6 Å². The summed E-state index contributed by atoms with van der Waals surface area (Å²) >= 11 is 1.67. The van der Waals surface area contributed by atoms with E-state index in [4.69, 9.17) is 4.74 Å². The van der Waals surface area contributed by atoms with Crippen LogP contribution in [0.25, 0.3) is 0 Å². The average Bonchev–Trinajstić information content (AvgIpc) is 2.57. The van der Waals surface area contributed by atoms with Gasteiger partial charge in [0.15, 0.2) is 0 Å². The highest BCUT2D eigenvalue weighted by molar-refractivity contribution is 7.99. The van der Waals surface area contributed by atoms with E-state index in [1.807, 2.05) is 62.5 Å². The largest absolute Gasteiger partial charge is 0.497 e. The standard InChI is InChI=1S/C18H22N2O2S/c1-13(12-19-2)18(21)20-14-4-8-16(9-5-14)23-17-10-6-15(22-3)7-11-17/h4-11,13,19H,12H2,1-3H3,(H,20,21). The van der Waals surface area contributed by atoms with E-state index >= 15 is 0 Å². The third-order valence-corrected chi connectivity index (χ3v) is 4.39. The maximum Gasteiger partial charge on any atom is 0.228 e. The smallest absolute Gasteiger partial charge is 0.228 e. The molecule has 0 saturated heterocycles. The molecule has 1 amide bonds. The molecule has 23 heavy (non-hydrogen) atoms. The summed E-state index contributed by atoms with van der Waals surface area (Å²) in [5, 5.41) is 5.93. The second-order valence-electron chi connectivity index (χ2n) is 5.25. The Hall–Kier alpha value is -1.98. The van der Waals surface area contributed by atoms with Gasteiger partial charge in [-0.25, -0.2) is 0 Å². The third-order valence-electron chi connectivity index (χ3n) is 3.37. The van der Waals surface area contributed by atoms with Crippen molar-refractivity contribution >= 4 is 23.4 Å². The van der Waals surface area contributed by atoms with E-state index in [1.165, 1.54) is 0 Å². The van der Waals surface area contributed by atoms with Gasteiger partial charge in [-0.15, -0.1) is 0 Å². The Kier molecular flexibility index (Phi) is 6.50. The maximum absolute atomic E-state index is 12.0. The Morgan fingerprint density at radius 1 is 1.09 bits per heavy atom. The Morgan fingerprint density at radius 2 is 1.65 bits per heavy atom. The fourth-order valence-corrected chi connectivity index (χ4v) is 2.87. The Balaban J connectivity index is 1.94. The fraction of sp³-hybridized carbons (Fsp3) is 0.278. The van der Waals surface area contributed by atoms with Crippen LogP contribution in [-0.2, 0) is 4.79 Å². The van der Waals surface area contributed by atoms with Crippen molar-refractivity contribution < 1.29 is 9.53 Å². The van der Waals surface area contributed by atoms with Crippen LogP contribution in [0.2, 0.25) is 0 Å². The number of hydrogen-bond donors (Lipinski definition) is 2. The quantitative estimate of drug-likeness (QED) is 0.814. The van der Waals surface area contributed by atoms with Gasteiger partial charge in [0.25, 0.3) is 0 Å². The van der Waals surface area contributed by atoms with Crippen LogP contribution in [0.4, 0.5) is 5.69 Å². The number of methoxy groups -OCH3 is 1. The van der Waals surface area contributed by atoms with Gasteiger partial charge in [-0.1, -0.05) is 18.7 Å². The molecule has 0 spiro atoms. The minimum atomic E-state index is -0.0617. The van der Waals surface area contributed by atoms with E-state index in [9.17, 15) is 4.79 Å². The fourth-order valence-electron chi connectivity index (χ4n) is 2.05. The van der Waals surface area contributed by atoms with Crippen LogP contribution in [0.1, 0.15) is 6.92 Å². The summed E-state index contributed by atoms with van der Waals surface area (Å²) in [4.78, 5) is 14.2. The van der Waals surface area contributed by atoms with Crippen molar-refractivity contribution in [3.63, 3.8) is 0 Å². The van der Waals surface area contributed by atoms with Crippen molar-refractivity contribution in [1.82, 2.24) is 5.32 Å². The molecule has 4 nitrogen and oxygen atoms in total. The lowest BCUT2D eigenvalue weighted by atomic mass is 10.1. The van der Waals surface area contributed by atoms with Gasteiger partial charge in [0.05, 0.1) is 7.11 Å². The molecule has 0 aromatic heterocycles. The molecule has 0 radical (unpaired) electrons. The Morgan fingerprint density at radius 3 is 2.17 bits per heavy atom. The van der Waals surface area contributed by atoms with Crippen molar-refractivity contribution in [1.29, 1.82) is 0 Å². The first-order valence-electron chi connectivity index (χ1n) is 7.50. The van der Waals surface area contributed by atoms with Crippen molar-refractivity contribution in [3.8, 4) is 5.75 Å². The lowest BCUT2D eigenvalue weighted by molar-refractivity contribution is -0.119. The van der Waals surface area contributed by atoms with Crippen LogP contribution in [0.5, 0.6) is 5.75 Å². The monoisotopic (exact) mass is 330 g/mol. The molecular formula is C18H22N2O2S. The van der Waals surface area contributed by atoms with Crippen LogP contribution in [0, 0.1) is 5.92 Å². The first-order valence-corrected chi connectivity index (χ1v) is 8.31. The zero-order valence-electron chi connectivity index (χ0n) is 13.6. The minimum Gasteiger partial charge on any atom is -0.497 e. The molecule has 122 valence electrons. The van der Waals surface area contributed by atoms with E-state index in [0.717, 1.165) is 21.2 Å². The number of ether oxygens (including phenoxy) is 1. The number of amides is 1. The minimum absolute atomic E-state index is 0.0231. The first kappa shape index (κ1) is 17.4. The highest BCUT2D eigenvalue weighted by Crippen LogP contribution is 2.29. The predicted octanol–water partition coefficient (Wildman–Crippen LogP) is 3.64. The van der Waals surface area contributed by atoms with Gasteiger partial charge < -0.3 is 15.4 Å². The van der Waals surface area contributed by atoms with Crippen molar-refractivity contribution in [3.05, 3.63) is 48.5 Å². The van der Waals surface area contributed by atoms with Crippen LogP contribution in [-0.4, -0.2) is 26.6 Å². The molecule has 2 aromatic carbocycles. The maximum atomic E-state index is 12.0. The number of nitrogens with one attached hydrogen (secondary N) is 2. The van der Waals surface area contributed by atoms with Crippen molar-refractivity contribution in [2.75, 3.05) is 26.0 Å². The number of benzene rings is 2. The zero-order valence-corrected chi connectivity index (χ0v) is 14.4. The zero-order chi connectivity index (χ0) is 16.7. The Bertz CT molecular complexity index is 626. The highest BCUT2D eigenvalue weighted by Gasteiger charge is 2.11. The second kappa shape index (κ2) is 8.60. The van der Waals surface area contributed by atoms with Crippen LogP contribution in [0.15, 0.2) is 58.3 Å². The van der Waals surface area contributed by atoms with Gasteiger partial charge in [-0.2, -0.15) is 0 Å². The van der Waals surface area contributed by atoms with E-state index in [2.05, 4.69) is 10.6 Å². The third kappa shape index (κ3) is 5.30. The number of hydrogen-bond acceptors (Lipinski definition) is 4. The summed E-state index contributed by atoms with van der Waals surface area (Å²) in [6.45, 7) is 2.57. The average molecular weight is 330 g/mol. The first-order chi connectivity index (χ1) is 11.1. The van der Waals surface area contributed by atoms with Gasteiger partial charge in [-0.3, -0.25) is 4.79 Å². The molecule has 0 bridgehead atoms. The molecule has 1 unspecified atom stereocenters. The lowest BCUT2D eigenvalue weighted by Gasteiger charge is -2.12. The van der Waals surface area contributed by atoms with E-state index in [-0.39, 0.29) is 11.8 Å². The number of anilines is 1. The molecule has 0 saturated carbocycles. The molecule has 5 heteroatoms. The molecule has 0 fully saturated rings. The van der Waals surface area contributed by atoms with Crippen LogP contribution < -0.4 is 15.4 Å². The lowest BCUT2D eigenvalue weighted by Crippen LogP contribution is -2.28. The van der Waals surface area contributed by atoms with Crippen LogP contribution >= 0.6 is 11.8 Å². The topological polar surface area (TPSA) is 50.4 Å². The molecule has 0 aliphatic carbocycles. The molecular weight excluding hydrogens is 308 g/mol. The molecule has 2 rings (SSSR count). The van der Waals surface area contributed by atoms with Crippen molar-refractivity contribution in [2.45, 2.75) is 16.7 Å². The number of carbonyl (C=O) groups excluding carboxylic acids is 1. The van der Waals surface area contributed by atoms with E-state index in [1.54, 1.807) is 18.9 Å². The molecule has 0 aliphatic heterocycles. The summed E-state index contributed by atoms with van der Waals surface area (Å²) in [5.74, 6) is 0.811. The summed E-state index contributed by atoms with van der Waals surface area (Å²) < 4.78 is 5.15. The molecule has 2 N–H and O–H groups in total. The van der Waals surface area contributed by atoms with Crippen LogP contribution in [0.3, 0.4) is 0 Å².